The third kappa shape index (κ3) is 1730. The molecule has 0 bridgehead atoms. The van der Waals surface area contributed by atoms with Gasteiger partial charge in [-0.15, -0.1) is 0 Å². The molecule has 0 spiro atoms. The van der Waals surface area contributed by atoms with Gasteiger partial charge >= 0.3 is 89.1 Å². The van der Waals surface area contributed by atoms with Crippen molar-refractivity contribution in [3.8, 4) is 0 Å². The minimum Gasteiger partial charge on any atom is -0.550 e. The van der Waals surface area contributed by atoms with Crippen LogP contribution in [0.4, 0.5) is 0 Å². The molecule has 0 aromatic rings. The molecule has 0 atom stereocenters. The first-order valence-electron chi connectivity index (χ1n) is 2.72. The largest absolute Gasteiger partial charge is 1.00 e. The number of carbonyl (C=O) groups excluding carboxylic acids is 3. The van der Waals surface area contributed by atoms with Gasteiger partial charge in [0.2, 0.25) is 0 Å². The van der Waals surface area contributed by atoms with Crippen LogP contribution in [-0.2, 0) is 14.4 Å². The van der Waals surface area contributed by atoms with Crippen molar-refractivity contribution in [3.05, 3.63) is 0 Å². The van der Waals surface area contributed by atoms with Gasteiger partial charge in [-0.2, -0.15) is 0 Å². The van der Waals surface area contributed by atoms with E-state index in [0.717, 1.165) is 20.8 Å². The van der Waals surface area contributed by atoms with Crippen LogP contribution in [0.1, 0.15) is 20.8 Å². The normalized spacial score (nSPS) is 5.00. The van der Waals surface area contributed by atoms with Gasteiger partial charge in [-0.1, -0.05) is 0 Å². The van der Waals surface area contributed by atoms with Crippen molar-refractivity contribution in [2.75, 3.05) is 0 Å². The quantitative estimate of drug-likeness (QED) is 0.381. The molecule has 15 heavy (non-hydrogen) atoms. The molecule has 0 aromatic carbocycles. The molecule has 0 unspecified atom stereocenters. The van der Waals surface area contributed by atoms with Crippen molar-refractivity contribution in [3.63, 3.8) is 0 Å². The fourth-order valence-corrected chi connectivity index (χ4v) is 0. The molecule has 0 N–H and O–H groups in total. The Kier molecular flexibility index (Phi) is 70.7. The molecule has 0 aliphatic heterocycles. The van der Waals surface area contributed by atoms with Crippen molar-refractivity contribution in [1.29, 1.82) is 0 Å². The first-order valence-corrected chi connectivity index (χ1v) is 2.72. The van der Waals surface area contributed by atoms with Crippen LogP contribution < -0.4 is 104 Å². The van der Waals surface area contributed by atoms with Crippen molar-refractivity contribution >= 4 is 17.9 Å². The Morgan fingerprint density at radius 2 is 0.667 bits per heavy atom. The number of hydrogen-bond donors (Lipinski definition) is 0. The first kappa shape index (κ1) is 36.0. The van der Waals surface area contributed by atoms with Crippen LogP contribution in [0.25, 0.3) is 0 Å². The van der Waals surface area contributed by atoms with Crippen LogP contribution in [-0.4, -0.2) is 17.9 Å². The summed E-state index contributed by atoms with van der Waals surface area (Å²) in [6.45, 7) is 2.92. The molecule has 0 aliphatic carbocycles. The molecule has 0 amide bonds. The van der Waals surface area contributed by atoms with Crippen LogP contribution in [0.5, 0.6) is 0 Å². The molecular weight excluding hydrogens is 221 g/mol. The monoisotopic (exact) mass is 230 g/mol. The van der Waals surface area contributed by atoms with E-state index in [4.69, 9.17) is 29.7 Å². The molecule has 0 fully saturated rings. The predicted octanol–water partition coefficient (Wildman–Crippen LogP) is -12.7. The Morgan fingerprint density at radius 1 is 0.667 bits per heavy atom. The van der Waals surface area contributed by atoms with E-state index in [2.05, 4.69) is 0 Å². The number of carboxylic acid groups (broad SMARTS) is 3. The smallest absolute Gasteiger partial charge is 0.550 e. The maximum absolute atomic E-state index is 8.89. The fraction of sp³-hybridized carbons (Fsp3) is 0.500. The Labute approximate surface area is 155 Å². The minimum atomic E-state index is -1.08. The number of hydrogen-bond acceptors (Lipinski definition) is 6. The Balaban J connectivity index is -0.0000000184. The summed E-state index contributed by atoms with van der Waals surface area (Å²) in [5.41, 5.74) is 0. The maximum atomic E-state index is 8.89. The average Bonchev–Trinajstić information content (AvgIpc) is 1.54. The molecule has 0 saturated heterocycles. The Hall–Kier alpha value is 1.24. The van der Waals surface area contributed by atoms with Crippen molar-refractivity contribution < 1.29 is 119 Å². The summed E-state index contributed by atoms with van der Waals surface area (Å²) < 4.78 is 0. The van der Waals surface area contributed by atoms with Crippen molar-refractivity contribution in [2.45, 2.75) is 20.8 Å². The first-order chi connectivity index (χ1) is 5.20. The molecule has 72 valence electrons. The molecule has 0 heterocycles. The van der Waals surface area contributed by atoms with Crippen molar-refractivity contribution in [2.24, 2.45) is 0 Å². The topological polar surface area (TPSA) is 120 Å². The molecule has 0 aromatic heterocycles. The third-order valence-electron chi connectivity index (χ3n) is 0. The van der Waals surface area contributed by atoms with Crippen LogP contribution in [0.15, 0.2) is 0 Å². The van der Waals surface area contributed by atoms with Gasteiger partial charge in [0.15, 0.2) is 0 Å². The molecule has 0 radical (unpaired) electrons. The number of carboxylic acids is 3. The summed E-state index contributed by atoms with van der Waals surface area (Å²) in [7, 11) is 0. The van der Waals surface area contributed by atoms with Gasteiger partial charge in [-0.05, 0) is 20.8 Å². The second kappa shape index (κ2) is 29.5. The maximum Gasteiger partial charge on any atom is 1.00 e. The summed E-state index contributed by atoms with van der Waals surface area (Å²) in [5.74, 6) is -3.25. The van der Waals surface area contributed by atoms with Crippen molar-refractivity contribution in [1.82, 2.24) is 0 Å². The van der Waals surface area contributed by atoms with Gasteiger partial charge in [0.05, 0.1) is 0 Å². The zero-order valence-electron chi connectivity index (χ0n) is 9.95. The third-order valence-corrected chi connectivity index (χ3v) is 0. The van der Waals surface area contributed by atoms with Gasteiger partial charge in [0.25, 0.3) is 0 Å². The van der Waals surface area contributed by atoms with E-state index in [1.54, 1.807) is 0 Å². The number of carbonyl (C=O) groups is 3. The van der Waals surface area contributed by atoms with Gasteiger partial charge in [-0.25, -0.2) is 0 Å². The van der Waals surface area contributed by atoms with Gasteiger partial charge in [0.1, 0.15) is 0 Å². The van der Waals surface area contributed by atoms with E-state index in [9.17, 15) is 0 Å². The van der Waals surface area contributed by atoms with Crippen LogP contribution in [0.2, 0.25) is 0 Å². The fourth-order valence-electron chi connectivity index (χ4n) is 0. The van der Waals surface area contributed by atoms with E-state index < -0.39 is 17.9 Å². The molecule has 0 saturated carbocycles. The van der Waals surface area contributed by atoms with E-state index >= 15 is 0 Å². The second-order valence-electron chi connectivity index (χ2n) is 1.47. The molecule has 9 heteroatoms. The Morgan fingerprint density at radius 3 is 0.667 bits per heavy atom. The van der Waals surface area contributed by atoms with E-state index in [0.29, 0.717) is 0 Å². The standard InChI is InChI=1S/3C2H4O2.K.2Li/c3*1-2(3)4;;;/h3*1H3,(H,3,4);;;/q;;;3*+1/p-3. The minimum absolute atomic E-state index is 0. The van der Waals surface area contributed by atoms with E-state index in [-0.39, 0.29) is 89.1 Å². The van der Waals surface area contributed by atoms with E-state index in [1.165, 1.54) is 0 Å². The predicted molar refractivity (Wildman–Crippen MR) is 32.0 cm³/mol. The second-order valence-corrected chi connectivity index (χ2v) is 1.47. The SMILES string of the molecule is CC(=O)[O-].CC(=O)[O-].CC(=O)[O-].[K+].[Li+].[Li+]. The number of rotatable bonds is 0. The number of aliphatic carboxylic acids is 3. The van der Waals surface area contributed by atoms with Crippen LogP contribution in [0, 0.1) is 0 Å². The summed E-state index contributed by atoms with van der Waals surface area (Å²) in [6, 6.07) is 0. The summed E-state index contributed by atoms with van der Waals surface area (Å²) in [4.78, 5) is 26.7. The molecular formula is C6H9KLi2O6. The van der Waals surface area contributed by atoms with Crippen LogP contribution >= 0.6 is 0 Å². The van der Waals surface area contributed by atoms with Gasteiger partial charge < -0.3 is 29.7 Å². The summed E-state index contributed by atoms with van der Waals surface area (Å²) >= 11 is 0. The van der Waals surface area contributed by atoms with Gasteiger partial charge in [0, 0.05) is 17.9 Å². The van der Waals surface area contributed by atoms with E-state index in [1.807, 2.05) is 0 Å². The average molecular weight is 230 g/mol. The zero-order valence-corrected chi connectivity index (χ0v) is 13.1. The zero-order chi connectivity index (χ0) is 10.7. The molecule has 0 aliphatic rings. The molecule has 6 nitrogen and oxygen atoms in total. The molecule has 0 rings (SSSR count). The summed E-state index contributed by atoms with van der Waals surface area (Å²) in [6.07, 6.45) is 0. The van der Waals surface area contributed by atoms with Crippen LogP contribution in [0.3, 0.4) is 0 Å². The van der Waals surface area contributed by atoms with Gasteiger partial charge in [-0.3, -0.25) is 0 Å². The Bertz CT molecular complexity index is 123. The summed E-state index contributed by atoms with van der Waals surface area (Å²) in [5, 5.41) is 26.7.